The van der Waals surface area contributed by atoms with Gasteiger partial charge in [-0.2, -0.15) is 0 Å². The zero-order valence-corrected chi connectivity index (χ0v) is 21.6. The van der Waals surface area contributed by atoms with Crippen LogP contribution >= 0.6 is 11.8 Å². The van der Waals surface area contributed by atoms with Crippen LogP contribution in [0.3, 0.4) is 0 Å². The summed E-state index contributed by atoms with van der Waals surface area (Å²) >= 11 is 1.34. The van der Waals surface area contributed by atoms with Crippen LogP contribution in [0.15, 0.2) is 52.5 Å². The maximum absolute atomic E-state index is 12.7. The highest BCUT2D eigenvalue weighted by Gasteiger charge is 2.28. The zero-order valence-electron chi connectivity index (χ0n) is 19.9. The first-order valence-corrected chi connectivity index (χ1v) is 13.4. The maximum Gasteiger partial charge on any atom is 0.242 e. The quantitative estimate of drug-likeness (QED) is 0.476. The monoisotopic (exact) mass is 499 g/mol. The van der Waals surface area contributed by atoms with E-state index in [-0.39, 0.29) is 22.1 Å². The normalized spacial score (nSPS) is 14.9. The molecule has 1 unspecified atom stereocenters. The van der Waals surface area contributed by atoms with E-state index in [0.717, 1.165) is 29.7 Å². The number of aryl methyl sites for hydroxylation is 2. The number of thioether (sulfide) groups is 1. The molecule has 1 aliphatic rings. The highest BCUT2D eigenvalue weighted by molar-refractivity contribution is 8.00. The summed E-state index contributed by atoms with van der Waals surface area (Å²) in [7, 11) is -0.605. The van der Waals surface area contributed by atoms with Gasteiger partial charge in [0, 0.05) is 25.7 Å². The average molecular weight is 500 g/mol. The molecule has 10 heteroatoms. The lowest BCUT2D eigenvalue weighted by Crippen LogP contribution is -2.32. The lowest BCUT2D eigenvalue weighted by molar-refractivity contribution is -0.120. The molecule has 3 aromatic rings. The summed E-state index contributed by atoms with van der Waals surface area (Å²) in [5, 5.41) is 12.1. The van der Waals surface area contributed by atoms with Gasteiger partial charge in [0.05, 0.1) is 15.8 Å². The largest absolute Gasteiger partial charge is 0.352 e. The second kappa shape index (κ2) is 9.52. The van der Waals surface area contributed by atoms with Gasteiger partial charge in [0.25, 0.3) is 0 Å². The van der Waals surface area contributed by atoms with E-state index in [1.165, 1.54) is 30.2 Å². The minimum Gasteiger partial charge on any atom is -0.352 e. The molecule has 4 rings (SSSR count). The number of benzene rings is 2. The van der Waals surface area contributed by atoms with Gasteiger partial charge in [-0.15, -0.1) is 10.2 Å². The van der Waals surface area contributed by atoms with Gasteiger partial charge < -0.3 is 5.32 Å². The lowest BCUT2D eigenvalue weighted by atomic mass is 10.1. The first kappa shape index (κ1) is 24.4. The van der Waals surface area contributed by atoms with E-state index in [0.29, 0.717) is 16.5 Å². The molecule has 0 saturated heterocycles. The molecule has 1 aliphatic carbocycles. The van der Waals surface area contributed by atoms with E-state index >= 15 is 0 Å². The van der Waals surface area contributed by atoms with Gasteiger partial charge in [-0.25, -0.2) is 12.7 Å². The summed E-state index contributed by atoms with van der Waals surface area (Å²) in [4.78, 5) is 12.8. The number of nitrogens with zero attached hydrogens (tertiary/aromatic N) is 4. The van der Waals surface area contributed by atoms with E-state index < -0.39 is 10.0 Å². The van der Waals surface area contributed by atoms with Crippen LogP contribution in [0.5, 0.6) is 0 Å². The summed E-state index contributed by atoms with van der Waals surface area (Å²) in [5.74, 6) is 0.495. The molecule has 1 fully saturated rings. The number of carbonyl (C=O) groups is 1. The number of aromatic nitrogens is 3. The van der Waals surface area contributed by atoms with Gasteiger partial charge in [0.2, 0.25) is 15.9 Å². The van der Waals surface area contributed by atoms with E-state index in [1.807, 2.05) is 49.6 Å². The van der Waals surface area contributed by atoms with Crippen LogP contribution in [0.2, 0.25) is 0 Å². The second-order valence-corrected chi connectivity index (χ2v) is 12.2. The summed E-state index contributed by atoms with van der Waals surface area (Å²) in [6.45, 7) is 5.88. The third-order valence-electron chi connectivity index (χ3n) is 5.74. The first-order chi connectivity index (χ1) is 16.1. The number of hydrogen-bond donors (Lipinski definition) is 1. The molecule has 34 heavy (non-hydrogen) atoms. The summed E-state index contributed by atoms with van der Waals surface area (Å²) < 4.78 is 28.6. The molecule has 1 atom stereocenters. The number of carbonyl (C=O) groups excluding carboxylic acids is 1. The number of sulfonamides is 1. The summed E-state index contributed by atoms with van der Waals surface area (Å²) in [5.41, 5.74) is 3.59. The molecule has 1 saturated carbocycles. The van der Waals surface area contributed by atoms with E-state index in [9.17, 15) is 13.2 Å². The topological polar surface area (TPSA) is 97.2 Å². The summed E-state index contributed by atoms with van der Waals surface area (Å²) in [6, 6.07) is 13.0. The Balaban J connectivity index is 1.82. The zero-order chi connectivity index (χ0) is 24.6. The van der Waals surface area contributed by atoms with Crippen molar-refractivity contribution in [3.8, 4) is 17.1 Å². The molecular weight excluding hydrogens is 470 g/mol. The Hall–Kier alpha value is -2.69. The standard InChI is InChI=1S/C24H29N5O3S2/c1-15-8-6-9-16(2)21(15)29-22(18-10-7-11-20(14-18)34(31,32)28(4)5)26-27-24(29)33-17(3)23(30)25-19-12-13-19/h6-11,14,17,19H,12-13H2,1-5H3,(H,25,30). The fraction of sp³-hybridized carbons (Fsp3) is 0.375. The van der Waals surface area contributed by atoms with Gasteiger partial charge in [-0.1, -0.05) is 42.1 Å². The van der Waals surface area contributed by atoms with Crippen LogP contribution in [0.4, 0.5) is 0 Å². The van der Waals surface area contributed by atoms with Crippen LogP contribution in [-0.4, -0.2) is 58.8 Å². The molecule has 1 N–H and O–H groups in total. The van der Waals surface area contributed by atoms with Crippen LogP contribution in [0, 0.1) is 13.8 Å². The molecule has 1 amide bonds. The molecule has 2 aromatic carbocycles. The molecule has 0 aliphatic heterocycles. The Morgan fingerprint density at radius 1 is 1.12 bits per heavy atom. The van der Waals surface area contributed by atoms with Crippen molar-refractivity contribution >= 4 is 27.7 Å². The SMILES string of the molecule is Cc1cccc(C)c1-n1c(SC(C)C(=O)NC2CC2)nnc1-c1cccc(S(=O)(=O)N(C)C)c1. The smallest absolute Gasteiger partial charge is 0.242 e. The number of amides is 1. The van der Waals surface area contributed by atoms with Crippen molar-refractivity contribution in [1.82, 2.24) is 24.4 Å². The molecule has 0 radical (unpaired) electrons. The van der Waals surface area contributed by atoms with Crippen LogP contribution < -0.4 is 5.32 Å². The Bertz CT molecular complexity index is 1310. The Labute approximate surface area is 204 Å². The molecule has 1 heterocycles. The highest BCUT2D eigenvalue weighted by Crippen LogP contribution is 2.34. The molecule has 1 aromatic heterocycles. The highest BCUT2D eigenvalue weighted by atomic mass is 32.2. The van der Waals surface area contributed by atoms with Crippen LogP contribution in [0.1, 0.15) is 30.9 Å². The van der Waals surface area contributed by atoms with Crippen molar-refractivity contribution in [3.05, 3.63) is 53.6 Å². The van der Waals surface area contributed by atoms with Crippen molar-refractivity contribution in [3.63, 3.8) is 0 Å². The van der Waals surface area contributed by atoms with Crippen molar-refractivity contribution in [1.29, 1.82) is 0 Å². The van der Waals surface area contributed by atoms with Crippen molar-refractivity contribution in [2.75, 3.05) is 14.1 Å². The molecule has 0 bridgehead atoms. The Morgan fingerprint density at radius 3 is 2.38 bits per heavy atom. The van der Waals surface area contributed by atoms with Gasteiger partial charge in [-0.3, -0.25) is 9.36 Å². The van der Waals surface area contributed by atoms with Crippen molar-refractivity contribution in [2.45, 2.75) is 55.0 Å². The minimum atomic E-state index is -3.61. The predicted octanol–water partition coefficient (Wildman–Crippen LogP) is 3.56. The molecule has 180 valence electrons. The molecule has 8 nitrogen and oxygen atoms in total. The number of nitrogens with one attached hydrogen (secondary N) is 1. The average Bonchev–Trinajstić information content (AvgIpc) is 3.52. The Kier molecular flexibility index (Phi) is 6.84. The second-order valence-electron chi connectivity index (χ2n) is 8.74. The fourth-order valence-corrected chi connectivity index (χ4v) is 5.47. The van der Waals surface area contributed by atoms with Crippen LogP contribution in [-0.2, 0) is 14.8 Å². The minimum absolute atomic E-state index is 0.0239. The lowest BCUT2D eigenvalue weighted by Gasteiger charge is -2.18. The van der Waals surface area contributed by atoms with E-state index in [4.69, 9.17) is 0 Å². The third-order valence-corrected chi connectivity index (χ3v) is 8.60. The number of para-hydroxylation sites is 1. The molecular formula is C24H29N5O3S2. The van der Waals surface area contributed by atoms with Gasteiger partial charge >= 0.3 is 0 Å². The number of hydrogen-bond acceptors (Lipinski definition) is 6. The van der Waals surface area contributed by atoms with Crippen molar-refractivity contribution in [2.24, 2.45) is 0 Å². The molecule has 0 spiro atoms. The van der Waals surface area contributed by atoms with E-state index in [2.05, 4.69) is 15.5 Å². The Morgan fingerprint density at radius 2 is 1.76 bits per heavy atom. The number of rotatable bonds is 8. The van der Waals surface area contributed by atoms with Gasteiger partial charge in [-0.05, 0) is 56.9 Å². The maximum atomic E-state index is 12.7. The third kappa shape index (κ3) is 4.89. The summed E-state index contributed by atoms with van der Waals surface area (Å²) in [6.07, 6.45) is 2.05. The van der Waals surface area contributed by atoms with Crippen LogP contribution in [0.25, 0.3) is 17.1 Å². The predicted molar refractivity (Wildman–Crippen MR) is 134 cm³/mol. The fourth-order valence-electron chi connectivity index (χ4n) is 3.66. The van der Waals surface area contributed by atoms with Gasteiger partial charge in [0.15, 0.2) is 11.0 Å². The van der Waals surface area contributed by atoms with Crippen molar-refractivity contribution < 1.29 is 13.2 Å². The first-order valence-electron chi connectivity index (χ1n) is 11.1. The van der Waals surface area contributed by atoms with E-state index in [1.54, 1.807) is 18.2 Å². The van der Waals surface area contributed by atoms with Gasteiger partial charge in [0.1, 0.15) is 0 Å².